The van der Waals surface area contributed by atoms with E-state index in [1.54, 1.807) is 35.8 Å². The van der Waals surface area contributed by atoms with Gasteiger partial charge in [-0.2, -0.15) is 11.8 Å². The van der Waals surface area contributed by atoms with Crippen LogP contribution in [0.2, 0.25) is 5.02 Å². The zero-order valence-corrected chi connectivity index (χ0v) is 22.2. The van der Waals surface area contributed by atoms with Gasteiger partial charge in [0, 0.05) is 31.1 Å². The molecule has 0 spiro atoms. The Bertz CT molecular complexity index is 1290. The lowest BCUT2D eigenvalue weighted by Crippen LogP contribution is -2.29. The second-order valence-electron chi connectivity index (χ2n) is 7.84. The third kappa shape index (κ3) is 7.43. The Balaban J connectivity index is 1.79. The van der Waals surface area contributed by atoms with Crippen LogP contribution < -0.4 is 15.4 Å². The summed E-state index contributed by atoms with van der Waals surface area (Å²) in [7, 11) is 3.22. The van der Waals surface area contributed by atoms with Gasteiger partial charge in [-0.15, -0.1) is 0 Å². The maximum atomic E-state index is 14.9. The molecule has 0 aliphatic rings. The number of nitrogens with zero attached hydrogens (tertiary/aromatic N) is 2. The van der Waals surface area contributed by atoms with Crippen LogP contribution in [0.3, 0.4) is 0 Å². The van der Waals surface area contributed by atoms with E-state index >= 15 is 0 Å². The van der Waals surface area contributed by atoms with Crippen molar-refractivity contribution < 1.29 is 18.7 Å². The van der Waals surface area contributed by atoms with Crippen LogP contribution >= 0.6 is 23.4 Å². The molecule has 8 nitrogen and oxygen atoms in total. The normalized spacial score (nSPS) is 10.5. The molecule has 1 heterocycles. The van der Waals surface area contributed by atoms with Crippen molar-refractivity contribution in [2.24, 2.45) is 0 Å². The third-order valence-electron chi connectivity index (χ3n) is 5.33. The summed E-state index contributed by atoms with van der Waals surface area (Å²) < 4.78 is 20.1. The number of amidine groups is 1. The summed E-state index contributed by atoms with van der Waals surface area (Å²) in [5.74, 6) is 0.567. The Morgan fingerprint density at radius 1 is 1.11 bits per heavy atom. The minimum atomic E-state index is -0.777. The van der Waals surface area contributed by atoms with E-state index in [9.17, 15) is 14.0 Å². The number of nitrogens with one attached hydrogen (secondary N) is 3. The van der Waals surface area contributed by atoms with Gasteiger partial charge in [-0.3, -0.25) is 15.0 Å². The number of benzene rings is 2. The minimum absolute atomic E-state index is 0.0924. The summed E-state index contributed by atoms with van der Waals surface area (Å²) in [5, 5.41) is 14.0. The average Bonchev–Trinajstić information content (AvgIpc) is 2.89. The summed E-state index contributed by atoms with van der Waals surface area (Å²) >= 11 is 7.60. The van der Waals surface area contributed by atoms with Gasteiger partial charge < -0.3 is 20.3 Å². The summed E-state index contributed by atoms with van der Waals surface area (Å²) in [5.41, 5.74) is 0.386. The van der Waals surface area contributed by atoms with Crippen LogP contribution in [0, 0.1) is 11.2 Å². The number of amides is 2. The Kier molecular flexibility index (Phi) is 9.87. The minimum Gasteiger partial charge on any atom is -0.497 e. The zero-order valence-electron chi connectivity index (χ0n) is 20.6. The highest BCUT2D eigenvalue weighted by atomic mass is 35.5. The number of carbonyl (C=O) groups is 2. The monoisotopic (exact) mass is 543 g/mol. The molecular formula is C26H27ClFN5O3S. The van der Waals surface area contributed by atoms with Gasteiger partial charge in [-0.05, 0) is 48.2 Å². The van der Waals surface area contributed by atoms with Crippen molar-refractivity contribution in [3.8, 4) is 5.75 Å². The number of halogens is 2. The molecule has 0 aliphatic carbocycles. The van der Waals surface area contributed by atoms with Crippen molar-refractivity contribution in [1.29, 1.82) is 5.41 Å². The third-order valence-corrected chi connectivity index (χ3v) is 6.44. The predicted molar refractivity (Wildman–Crippen MR) is 147 cm³/mol. The van der Waals surface area contributed by atoms with Gasteiger partial charge in [0.1, 0.15) is 23.2 Å². The summed E-state index contributed by atoms with van der Waals surface area (Å²) in [6.45, 7) is 2.71. The number of aromatic nitrogens is 1. The number of methoxy groups -OCH3 is 1. The summed E-state index contributed by atoms with van der Waals surface area (Å²) in [4.78, 5) is 31.7. The van der Waals surface area contributed by atoms with Gasteiger partial charge in [-0.25, -0.2) is 9.37 Å². The van der Waals surface area contributed by atoms with Crippen LogP contribution in [0.25, 0.3) is 0 Å². The Morgan fingerprint density at radius 3 is 2.51 bits per heavy atom. The molecule has 0 atom stereocenters. The van der Waals surface area contributed by atoms with E-state index in [4.69, 9.17) is 21.7 Å². The molecule has 0 saturated heterocycles. The molecule has 3 N–H and O–H groups in total. The molecule has 1 aromatic heterocycles. The first kappa shape index (κ1) is 27.9. The first-order valence-electron chi connectivity index (χ1n) is 11.3. The molecule has 2 aromatic carbocycles. The fraction of sp³-hybridized carbons (Fsp3) is 0.231. The molecule has 11 heteroatoms. The van der Waals surface area contributed by atoms with Gasteiger partial charge in [0.2, 0.25) is 0 Å². The van der Waals surface area contributed by atoms with Crippen LogP contribution in [-0.4, -0.2) is 59.7 Å². The number of hydrogen-bond acceptors (Lipinski definition) is 6. The van der Waals surface area contributed by atoms with Gasteiger partial charge in [0.05, 0.1) is 28.9 Å². The SMILES string of the molecule is CCSCCN(C)C(=N)c1ccc(C(=O)Nc2ccc(OC)cc2C(=O)Nc2ccc(Cl)cn2)c(F)c1. The van der Waals surface area contributed by atoms with Crippen molar-refractivity contribution in [3.63, 3.8) is 0 Å². The summed E-state index contributed by atoms with van der Waals surface area (Å²) in [6.07, 6.45) is 1.39. The number of anilines is 2. The van der Waals surface area contributed by atoms with E-state index in [1.165, 1.54) is 43.6 Å². The van der Waals surface area contributed by atoms with Gasteiger partial charge in [-0.1, -0.05) is 24.6 Å². The van der Waals surface area contributed by atoms with Crippen molar-refractivity contribution >= 4 is 52.5 Å². The highest BCUT2D eigenvalue weighted by Gasteiger charge is 2.19. The Hall–Kier alpha value is -3.63. The highest BCUT2D eigenvalue weighted by molar-refractivity contribution is 7.99. The fourth-order valence-corrected chi connectivity index (χ4v) is 4.10. The van der Waals surface area contributed by atoms with Crippen molar-refractivity contribution in [2.75, 3.05) is 42.8 Å². The topological polar surface area (TPSA) is 107 Å². The van der Waals surface area contributed by atoms with Crippen LogP contribution in [0.5, 0.6) is 5.75 Å². The molecule has 3 rings (SSSR count). The van der Waals surface area contributed by atoms with E-state index in [0.717, 1.165) is 17.6 Å². The molecule has 2 amide bonds. The lowest BCUT2D eigenvalue weighted by atomic mass is 10.1. The highest BCUT2D eigenvalue weighted by Crippen LogP contribution is 2.25. The largest absolute Gasteiger partial charge is 0.497 e. The standard InChI is InChI=1S/C26H27ClFN5O3S/c1-4-37-12-11-33(2)24(29)16-5-8-19(21(28)13-16)25(34)31-22-9-7-18(36-3)14-20(22)26(35)32-23-10-6-17(27)15-30-23/h5-10,13-15,29H,4,11-12H2,1-3H3,(H,31,34)(H,30,32,35). The molecule has 0 saturated carbocycles. The predicted octanol–water partition coefficient (Wildman–Crippen LogP) is 5.40. The Morgan fingerprint density at radius 2 is 1.86 bits per heavy atom. The maximum absolute atomic E-state index is 14.9. The lowest BCUT2D eigenvalue weighted by molar-refractivity contribution is 0.102. The number of thioether (sulfide) groups is 1. The molecule has 0 unspecified atom stereocenters. The molecule has 0 bridgehead atoms. The smallest absolute Gasteiger partial charge is 0.259 e. The first-order valence-corrected chi connectivity index (χ1v) is 12.9. The molecule has 0 aliphatic heterocycles. The number of hydrogen-bond donors (Lipinski definition) is 3. The fourth-order valence-electron chi connectivity index (χ4n) is 3.29. The molecule has 194 valence electrons. The van der Waals surface area contributed by atoms with Crippen LogP contribution in [-0.2, 0) is 0 Å². The van der Waals surface area contributed by atoms with E-state index < -0.39 is 17.6 Å². The molecule has 0 radical (unpaired) electrons. The molecule has 3 aromatic rings. The second-order valence-corrected chi connectivity index (χ2v) is 9.67. The summed E-state index contributed by atoms with van der Waals surface area (Å²) in [6, 6.07) is 11.6. The average molecular weight is 544 g/mol. The van der Waals surface area contributed by atoms with Crippen LogP contribution in [0.15, 0.2) is 54.7 Å². The maximum Gasteiger partial charge on any atom is 0.259 e. The van der Waals surface area contributed by atoms with E-state index in [0.29, 0.717) is 22.9 Å². The van der Waals surface area contributed by atoms with E-state index in [-0.39, 0.29) is 28.5 Å². The van der Waals surface area contributed by atoms with Crippen LogP contribution in [0.1, 0.15) is 33.2 Å². The first-order chi connectivity index (χ1) is 17.7. The van der Waals surface area contributed by atoms with Crippen LogP contribution in [0.4, 0.5) is 15.9 Å². The van der Waals surface area contributed by atoms with Crippen molar-refractivity contribution in [1.82, 2.24) is 9.88 Å². The quantitative estimate of drug-likeness (QED) is 0.180. The molecular weight excluding hydrogens is 517 g/mol. The van der Waals surface area contributed by atoms with Gasteiger partial charge in [0.15, 0.2) is 0 Å². The number of carbonyl (C=O) groups excluding carboxylic acids is 2. The molecule has 0 fully saturated rings. The van der Waals surface area contributed by atoms with E-state index in [2.05, 4.69) is 22.5 Å². The van der Waals surface area contributed by atoms with Gasteiger partial charge >= 0.3 is 0 Å². The molecule has 37 heavy (non-hydrogen) atoms. The van der Waals surface area contributed by atoms with Crippen molar-refractivity contribution in [3.05, 3.63) is 82.3 Å². The van der Waals surface area contributed by atoms with Crippen molar-refractivity contribution in [2.45, 2.75) is 6.92 Å². The zero-order chi connectivity index (χ0) is 26.9. The Labute approximate surface area is 224 Å². The second kappa shape index (κ2) is 13.1. The lowest BCUT2D eigenvalue weighted by Gasteiger charge is -2.20. The number of rotatable bonds is 10. The number of ether oxygens (including phenoxy) is 1. The van der Waals surface area contributed by atoms with E-state index in [1.807, 2.05) is 0 Å². The van der Waals surface area contributed by atoms with Gasteiger partial charge in [0.25, 0.3) is 11.8 Å². The number of pyridine rings is 1.